The molecule has 0 saturated carbocycles. The van der Waals surface area contributed by atoms with Crippen molar-refractivity contribution in [3.05, 3.63) is 35.8 Å². The molecule has 1 unspecified atom stereocenters. The summed E-state index contributed by atoms with van der Waals surface area (Å²) in [4.78, 5) is 21.9. The smallest absolute Gasteiger partial charge is 0.435 e. The Morgan fingerprint density at radius 1 is 1.08 bits per heavy atom. The second-order valence-electron chi connectivity index (χ2n) is 5.42. The van der Waals surface area contributed by atoms with E-state index in [-0.39, 0.29) is 0 Å². The molecular formula is C16H20O8. The zero-order chi connectivity index (χ0) is 17.6. The summed E-state index contributed by atoms with van der Waals surface area (Å²) in [5.74, 6) is -4.26. The van der Waals surface area contributed by atoms with Crippen LogP contribution < -0.4 is 0 Å². The van der Waals surface area contributed by atoms with Gasteiger partial charge in [0.1, 0.15) is 0 Å². The Morgan fingerprint density at radius 3 is 2.04 bits per heavy atom. The van der Waals surface area contributed by atoms with Crippen LogP contribution in [0.15, 0.2) is 35.8 Å². The molecule has 0 aliphatic heterocycles. The molecule has 3 N–H and O–H groups in total. The third-order valence-corrected chi connectivity index (χ3v) is 3.46. The highest BCUT2D eigenvalue weighted by molar-refractivity contribution is 5.90. The fourth-order valence-electron chi connectivity index (χ4n) is 2.33. The van der Waals surface area contributed by atoms with Gasteiger partial charge in [0.15, 0.2) is 0 Å². The minimum absolute atomic E-state index is 0.423. The first-order valence-electron chi connectivity index (χ1n) is 7.67. The molecule has 2 aliphatic carbocycles. The van der Waals surface area contributed by atoms with Gasteiger partial charge in [-0.15, -0.1) is 0 Å². The van der Waals surface area contributed by atoms with Crippen molar-refractivity contribution >= 4 is 11.9 Å². The van der Waals surface area contributed by atoms with Crippen molar-refractivity contribution in [1.82, 2.24) is 0 Å². The number of allylic oxidation sites excluding steroid dienone is 4. The average molecular weight is 340 g/mol. The van der Waals surface area contributed by atoms with Crippen LogP contribution in [0.1, 0.15) is 38.5 Å². The second-order valence-corrected chi connectivity index (χ2v) is 5.42. The first-order chi connectivity index (χ1) is 11.4. The summed E-state index contributed by atoms with van der Waals surface area (Å²) in [7, 11) is 0. The van der Waals surface area contributed by atoms with Gasteiger partial charge in [0.25, 0.3) is 0 Å². The van der Waals surface area contributed by atoms with Gasteiger partial charge in [0.2, 0.25) is 0 Å². The topological polar surface area (TPSA) is 123 Å². The molecule has 0 radical (unpaired) electrons. The molecule has 0 aromatic heterocycles. The third-order valence-electron chi connectivity index (χ3n) is 3.46. The van der Waals surface area contributed by atoms with E-state index >= 15 is 0 Å². The molecule has 2 aliphatic rings. The van der Waals surface area contributed by atoms with E-state index in [2.05, 4.69) is 4.74 Å². The van der Waals surface area contributed by atoms with Crippen LogP contribution in [0.3, 0.4) is 0 Å². The van der Waals surface area contributed by atoms with E-state index in [4.69, 9.17) is 14.6 Å². The molecule has 0 bridgehead atoms. The van der Waals surface area contributed by atoms with Crippen LogP contribution >= 0.6 is 0 Å². The first kappa shape index (κ1) is 18.0. The van der Waals surface area contributed by atoms with Crippen LogP contribution in [0.4, 0.5) is 0 Å². The highest BCUT2D eigenvalue weighted by Crippen LogP contribution is 2.31. The van der Waals surface area contributed by atoms with Crippen LogP contribution in [0, 0.1) is 0 Å². The molecule has 0 spiro atoms. The van der Waals surface area contributed by atoms with Crippen LogP contribution in [-0.2, 0) is 23.8 Å². The zero-order valence-electron chi connectivity index (χ0n) is 13.0. The minimum Gasteiger partial charge on any atom is -0.478 e. The lowest BCUT2D eigenvalue weighted by molar-refractivity contribution is -0.407. The fourth-order valence-corrected chi connectivity index (χ4v) is 2.33. The fraction of sp³-hybridized carbons (Fsp3) is 0.500. The van der Waals surface area contributed by atoms with Crippen molar-refractivity contribution in [2.75, 3.05) is 0 Å². The SMILES string of the molecule is O=C(O)/C=C/C(=O)OC(O)C(O)(OC1=CCCC1)OC1=CCCC1. The van der Waals surface area contributed by atoms with Gasteiger partial charge in [-0.1, -0.05) is 0 Å². The summed E-state index contributed by atoms with van der Waals surface area (Å²) in [5, 5.41) is 29.0. The molecule has 0 fully saturated rings. The lowest BCUT2D eigenvalue weighted by atomic mass is 10.3. The Morgan fingerprint density at radius 2 is 1.62 bits per heavy atom. The lowest BCUT2D eigenvalue weighted by Crippen LogP contribution is -2.49. The Balaban J connectivity index is 2.07. The second kappa shape index (κ2) is 7.98. The van der Waals surface area contributed by atoms with E-state index in [0.717, 1.165) is 25.7 Å². The Labute approximate surface area is 138 Å². The van der Waals surface area contributed by atoms with Crippen molar-refractivity contribution < 1.29 is 39.1 Å². The molecule has 0 saturated heterocycles. The lowest BCUT2D eigenvalue weighted by Gasteiger charge is -2.32. The number of esters is 1. The number of hydrogen-bond donors (Lipinski definition) is 3. The maximum absolute atomic E-state index is 11.5. The third kappa shape index (κ3) is 5.10. The molecule has 132 valence electrons. The number of ether oxygens (including phenoxy) is 3. The summed E-state index contributed by atoms with van der Waals surface area (Å²) in [6.07, 6.45) is 6.82. The molecule has 1 atom stereocenters. The maximum atomic E-state index is 11.5. The quantitative estimate of drug-likeness (QED) is 0.343. The number of rotatable bonds is 8. The minimum atomic E-state index is -2.60. The van der Waals surface area contributed by atoms with Crippen LogP contribution in [0.5, 0.6) is 0 Å². The average Bonchev–Trinajstić information content (AvgIpc) is 3.18. The largest absolute Gasteiger partial charge is 0.478 e. The highest BCUT2D eigenvalue weighted by atomic mass is 16.9. The van der Waals surface area contributed by atoms with Crippen LogP contribution in [-0.4, -0.2) is 39.5 Å². The summed E-state index contributed by atoms with van der Waals surface area (Å²) >= 11 is 0. The van der Waals surface area contributed by atoms with Gasteiger partial charge < -0.3 is 29.5 Å². The number of aliphatic hydroxyl groups excluding tert-OH is 1. The molecule has 8 nitrogen and oxygen atoms in total. The van der Waals surface area contributed by atoms with Crippen LogP contribution in [0.2, 0.25) is 0 Å². The van der Waals surface area contributed by atoms with E-state index < -0.39 is 24.2 Å². The molecule has 2 rings (SSSR count). The molecule has 0 amide bonds. The number of carboxylic acids is 1. The van der Waals surface area contributed by atoms with Crippen molar-refractivity contribution in [3.63, 3.8) is 0 Å². The summed E-state index contributed by atoms with van der Waals surface area (Å²) < 4.78 is 15.3. The summed E-state index contributed by atoms with van der Waals surface area (Å²) in [5.41, 5.74) is 0. The van der Waals surface area contributed by atoms with Gasteiger partial charge >= 0.3 is 24.2 Å². The Kier molecular flexibility index (Phi) is 5.99. The van der Waals surface area contributed by atoms with Gasteiger partial charge in [-0.05, 0) is 37.8 Å². The van der Waals surface area contributed by atoms with Crippen molar-refractivity contribution in [1.29, 1.82) is 0 Å². The summed E-state index contributed by atoms with van der Waals surface area (Å²) in [6, 6.07) is 0. The van der Waals surface area contributed by atoms with Gasteiger partial charge in [0.05, 0.1) is 11.5 Å². The number of hydrogen-bond acceptors (Lipinski definition) is 7. The highest BCUT2D eigenvalue weighted by Gasteiger charge is 2.46. The molecular weight excluding hydrogens is 320 g/mol. The molecule has 0 aromatic carbocycles. The number of carbonyl (C=O) groups excluding carboxylic acids is 1. The summed E-state index contributed by atoms with van der Waals surface area (Å²) in [6.45, 7) is 0. The van der Waals surface area contributed by atoms with Crippen molar-refractivity contribution in [2.45, 2.75) is 50.8 Å². The maximum Gasteiger partial charge on any atom is 0.435 e. The van der Waals surface area contributed by atoms with E-state index in [9.17, 15) is 19.8 Å². The van der Waals surface area contributed by atoms with E-state index in [1.165, 1.54) is 0 Å². The zero-order valence-corrected chi connectivity index (χ0v) is 13.0. The molecule has 0 aromatic rings. The molecule has 8 heteroatoms. The predicted octanol–water partition coefficient (Wildman–Crippen LogP) is 1.30. The first-order valence-corrected chi connectivity index (χ1v) is 7.67. The van der Waals surface area contributed by atoms with Gasteiger partial charge in [-0.25, -0.2) is 9.59 Å². The van der Waals surface area contributed by atoms with Gasteiger partial charge in [-0.2, -0.15) is 0 Å². The Hall–Kier alpha value is -2.32. The predicted molar refractivity (Wildman–Crippen MR) is 79.9 cm³/mol. The van der Waals surface area contributed by atoms with E-state index in [1.54, 1.807) is 12.2 Å². The van der Waals surface area contributed by atoms with E-state index in [1.807, 2.05) is 0 Å². The number of aliphatic hydroxyl groups is 2. The van der Waals surface area contributed by atoms with Gasteiger partial charge in [-0.3, -0.25) is 0 Å². The number of carboxylic acid groups (broad SMARTS) is 1. The number of carbonyl (C=O) groups is 2. The number of aliphatic carboxylic acids is 1. The normalized spacial score (nSPS) is 18.9. The van der Waals surface area contributed by atoms with E-state index in [0.29, 0.717) is 36.5 Å². The van der Waals surface area contributed by atoms with Crippen LogP contribution in [0.25, 0.3) is 0 Å². The Bertz CT molecular complexity index is 549. The molecule has 24 heavy (non-hydrogen) atoms. The molecule has 0 heterocycles. The standard InChI is InChI=1S/C16H20O8/c17-13(18)9-10-14(19)22-15(20)16(21,23-11-5-1-2-6-11)24-12-7-3-4-8-12/h5,7,9-10,15,20-21H,1-4,6,8H2,(H,17,18)/b10-9+. The van der Waals surface area contributed by atoms with Gasteiger partial charge in [0, 0.05) is 25.0 Å². The monoisotopic (exact) mass is 340 g/mol. The van der Waals surface area contributed by atoms with Crippen molar-refractivity contribution in [2.24, 2.45) is 0 Å². The van der Waals surface area contributed by atoms with Crippen molar-refractivity contribution in [3.8, 4) is 0 Å².